The minimum Gasteiger partial charge on any atom is -0.508 e. The predicted octanol–water partition coefficient (Wildman–Crippen LogP) is 12.7. The topological polar surface area (TPSA) is 521 Å². The summed E-state index contributed by atoms with van der Waals surface area (Å²) in [6.07, 6.45) is 9.80. The summed E-state index contributed by atoms with van der Waals surface area (Å²) in [4.78, 5) is 160. The molecule has 10 aliphatic carbocycles. The molecule has 6 aromatic carbocycles. The minimum atomic E-state index is -2.62. The summed E-state index contributed by atoms with van der Waals surface area (Å²) in [7, 11) is 17.9. The van der Waals surface area contributed by atoms with Crippen molar-refractivity contribution in [1.82, 2.24) is 29.9 Å². The first-order valence-electron chi connectivity index (χ1n) is 47.3. The monoisotopic (exact) mass is 2200 g/mol. The van der Waals surface area contributed by atoms with Gasteiger partial charge in [0.05, 0.1) is 35.3 Å². The maximum Gasteiger partial charge on any atom is 0.265 e. The Balaban J connectivity index is 0.000000172. The Hall–Kier alpha value is -11.0. The van der Waals surface area contributed by atoms with Gasteiger partial charge in [-0.25, -0.2) is 0 Å². The van der Waals surface area contributed by atoms with Gasteiger partial charge in [0, 0.05) is 142 Å². The molecule has 0 saturated heterocycles. The van der Waals surface area contributed by atoms with Crippen LogP contribution in [0.3, 0.4) is 0 Å². The number of hydrogen-bond donors (Lipinski definition) is 10. The van der Waals surface area contributed by atoms with Crippen molar-refractivity contribution in [2.45, 2.75) is 173 Å². The summed E-state index contributed by atoms with van der Waals surface area (Å²) in [5.74, 6) is -15.3. The molecule has 12 N–H and O–H groups in total. The number of fused-ring (bicyclic) bond motifs is 10. The number of allylic oxidation sites excluding steroid dienone is 2. The van der Waals surface area contributed by atoms with E-state index in [4.69, 9.17) is 39.0 Å². The van der Waals surface area contributed by atoms with E-state index in [1.54, 1.807) is 78.5 Å². The Morgan fingerprint density at radius 1 is 0.483 bits per heavy atom. The van der Waals surface area contributed by atoms with Crippen LogP contribution in [0, 0.1) is 73.3 Å². The average molecular weight is 2200 g/mol. The number of primary amides is 2. The van der Waals surface area contributed by atoms with Crippen LogP contribution in [0.25, 0.3) is 11.5 Å². The molecule has 0 aliphatic heterocycles. The predicted molar refractivity (Wildman–Crippen MR) is 538 cm³/mol. The van der Waals surface area contributed by atoms with Crippen molar-refractivity contribution in [1.29, 1.82) is 0 Å². The number of aromatic nitrogens is 2. The van der Waals surface area contributed by atoms with Gasteiger partial charge in [-0.05, 0) is 212 Å². The van der Waals surface area contributed by atoms with Gasteiger partial charge in [-0.3, -0.25) is 79.7 Å². The first-order valence-corrected chi connectivity index (χ1v) is 48.3. The number of benzene rings is 6. The van der Waals surface area contributed by atoms with Crippen molar-refractivity contribution in [2.24, 2.45) is 58.8 Å². The third-order valence-corrected chi connectivity index (χ3v) is 30.4. The van der Waals surface area contributed by atoms with Crippen molar-refractivity contribution in [3.05, 3.63) is 281 Å². The fraction of sp³-hybridized carbons (Fsp3) is 0.394. The van der Waals surface area contributed by atoms with Gasteiger partial charge >= 0.3 is 0 Å². The Bertz CT molecular complexity index is 6430. The molecule has 2 aromatic heterocycles. The van der Waals surface area contributed by atoms with Gasteiger partial charge < -0.3 is 102 Å². The summed E-state index contributed by atoms with van der Waals surface area (Å²) < 4.78 is 34.0. The number of phenolic OH excluding ortho intramolecular Hbond substituents is 2. The fourth-order valence-corrected chi connectivity index (χ4v) is 23.6. The maximum atomic E-state index is 13.6. The molecule has 0 bridgehead atoms. The van der Waals surface area contributed by atoms with Crippen LogP contribution in [0.4, 0.5) is 0 Å². The number of nitrogens with two attached hydrogens (primary N) is 2. The summed E-state index contributed by atoms with van der Waals surface area (Å²) >= 11 is 0. The first kappa shape index (κ1) is 116. The Kier molecular flexibility index (Phi) is 36.5. The summed E-state index contributed by atoms with van der Waals surface area (Å²) in [5, 5.41) is 95.0. The van der Waals surface area contributed by atoms with Gasteiger partial charge in [-0.1, -0.05) is 170 Å². The van der Waals surface area contributed by atoms with Gasteiger partial charge in [0.25, 0.3) is 23.6 Å². The number of carbonyl (C=O) groups is 12. The number of likely N-dealkylation sites (N-methyl/N-ethyl adjacent to an activating group) is 2. The van der Waals surface area contributed by atoms with Crippen LogP contribution in [0.15, 0.2) is 188 Å². The largest absolute Gasteiger partial charge is 0.508 e. The first-order chi connectivity index (χ1) is 68.4. The molecular weight excluding hydrogens is 2080 g/mol. The second kappa shape index (κ2) is 46.2. The van der Waals surface area contributed by atoms with Crippen LogP contribution in [0.2, 0.25) is 0 Å². The molecular formula is C109H122N8O26P2Y2-2. The Labute approximate surface area is 906 Å². The van der Waals surface area contributed by atoms with Crippen molar-refractivity contribution < 1.29 is 191 Å². The van der Waals surface area contributed by atoms with Gasteiger partial charge in [-0.15, -0.1) is 0 Å². The SMILES string of the molecule is CC(=O)c1c(C)cccc1C(C)C.CCc1cccc(C)c1C(C)=O.C[C@H]1C=[C-]C(=O)[C@]2(OP)C(=O)c3c(OCc4ccccc4)noc3[C@@H](N(C)C)[C@H]12.C[C@H]1C=[C-]C(=O)[C@]2(OP)C(=O)c3c(OCc4ccccc4)noc3[C@@H](N(C)C)[C@H]12.C[C@H]1c2cccc(O)c2C(O)=C2C(=O)[C@]3(O)C(O)=C(C(N)=O)C(=O)[C@@H](N(C)C)[C@@H]3C[C@@H]21.C[C@H]1c2cccc(O)c2C(O)=C2C(=O)[C@]3(O)C(O)=C(C(N)=O)C(=O)[C@@H](N(C)C)[C@@H]3C[C@@H]21.[Y].[Y]. The number of Topliss-reactive ketones (excluding diaryl/α,β-unsaturated/α-hetero) is 10. The molecule has 2 fully saturated rings. The molecule has 34 nitrogen and oxygen atoms in total. The van der Waals surface area contributed by atoms with Crippen LogP contribution in [0.1, 0.15) is 214 Å². The molecule has 2 saturated carbocycles. The van der Waals surface area contributed by atoms with Crippen LogP contribution in [-0.4, -0.2) is 231 Å². The Morgan fingerprint density at radius 3 is 1.14 bits per heavy atom. The van der Waals surface area contributed by atoms with E-state index in [-0.39, 0.29) is 183 Å². The van der Waals surface area contributed by atoms with Crippen LogP contribution in [0.5, 0.6) is 23.3 Å². The minimum absolute atomic E-state index is 0. The molecule has 38 heteroatoms. The van der Waals surface area contributed by atoms with Crippen molar-refractivity contribution in [3.8, 4) is 23.3 Å². The van der Waals surface area contributed by atoms with E-state index in [1.165, 1.54) is 21.9 Å². The number of rotatable bonds is 18. The molecule has 10 aliphatic rings. The quantitative estimate of drug-likeness (QED) is 0.0125. The van der Waals surface area contributed by atoms with Crippen LogP contribution >= 0.6 is 18.9 Å². The van der Waals surface area contributed by atoms with Crippen molar-refractivity contribution in [3.63, 3.8) is 0 Å². The zero-order valence-corrected chi connectivity index (χ0v) is 93.1. The van der Waals surface area contributed by atoms with E-state index in [1.807, 2.05) is 177 Å². The van der Waals surface area contributed by atoms with Gasteiger partial charge in [0.15, 0.2) is 57.1 Å². The number of phenols is 2. The molecule has 2 radical (unpaired) electrons. The summed E-state index contributed by atoms with van der Waals surface area (Å²) in [6.45, 7) is 21.5. The molecule has 0 spiro atoms. The summed E-state index contributed by atoms with van der Waals surface area (Å²) in [5.41, 5.74) is 9.85. The number of carbonyl (C=O) groups excluding carboxylic acids is 12. The van der Waals surface area contributed by atoms with E-state index >= 15 is 0 Å². The van der Waals surface area contributed by atoms with E-state index in [2.05, 4.69) is 62.2 Å². The molecule has 147 heavy (non-hydrogen) atoms. The maximum absolute atomic E-state index is 13.6. The third-order valence-electron chi connectivity index (χ3n) is 29.6. The normalized spacial score (nSPS) is 26.7. The molecule has 772 valence electrons. The standard InChI is InChI=1S/2C22H24N2O7.2C21H22N2O5P.C12H16O.C11H14O.2Y/c2*1-8-9-5-4-6-12(25)13(9)17(26)14-10(8)7-11-16(24(2)3)18(27)15(21(23)30)20(29)22(11,31)19(14)28;2*1-12-9-10-14(24)21(28-29)16(12)17(23(2)3)18-15(19(21)25)20(22-27-18)26-11-13-7-5-4-6-8-13;1-8(2)11-7-5-6-9(3)12(11)10(4)13;1-4-10-7-5-6-8(2)11(10)9(3)12;;/h2*4-6,8,10-11,16,25-26,29,31H,7H2,1-3H3,(H2,23,30);2*4-9,12,16-17H,11,29H2,1-3H3;5-8H,1-4H3;5-7H,4H2,1-3H3;;/q;;2*-1;;;;/t2*8-,10+,11-,16-,22-;2*12-,16-,17-,21+;;;;/m0000..../s1. The number of aliphatic hydroxyl groups excluding tert-OH is 4. The zero-order chi connectivity index (χ0) is 107. The smallest absolute Gasteiger partial charge is 0.265 e. The van der Waals surface area contributed by atoms with Crippen LogP contribution < -0.4 is 20.9 Å². The zero-order valence-electron chi connectivity index (χ0n) is 85.1. The van der Waals surface area contributed by atoms with Gasteiger partial charge in [0.1, 0.15) is 70.0 Å². The molecule has 18 rings (SSSR count). The second-order valence-electron chi connectivity index (χ2n) is 39.4. The summed E-state index contributed by atoms with van der Waals surface area (Å²) in [6, 6.07) is 37.6. The van der Waals surface area contributed by atoms with E-state index in [0.717, 1.165) is 50.9 Å². The van der Waals surface area contributed by atoms with E-state index < -0.39 is 174 Å². The number of ether oxygens (including phenoxy) is 2. The van der Waals surface area contributed by atoms with E-state index in [0.29, 0.717) is 28.6 Å². The number of hydrogen-bond acceptors (Lipinski definition) is 32. The van der Waals surface area contributed by atoms with Gasteiger partial charge in [0.2, 0.25) is 23.1 Å². The molecule has 20 atom stereocenters. The van der Waals surface area contributed by atoms with Crippen molar-refractivity contribution >= 4 is 100 Å². The molecule has 2 unspecified atom stereocenters. The van der Waals surface area contributed by atoms with Crippen LogP contribution in [-0.2, 0) is 132 Å². The van der Waals surface area contributed by atoms with Crippen molar-refractivity contribution in [2.75, 3.05) is 56.4 Å². The third kappa shape index (κ3) is 20.3. The van der Waals surface area contributed by atoms with Gasteiger partial charge in [-0.2, -0.15) is 0 Å². The van der Waals surface area contributed by atoms with E-state index in [9.17, 15) is 98.4 Å². The molecule has 2 heterocycles. The number of aryl methyl sites for hydroxylation is 3. The fourth-order valence-electron chi connectivity index (χ4n) is 22.8. The Morgan fingerprint density at radius 2 is 0.830 bits per heavy atom. The number of amides is 2. The average Bonchev–Trinajstić information content (AvgIpc) is 1.58. The molecule has 2 amide bonds. The number of ketones is 10. The number of aliphatic hydroxyl groups is 6. The number of nitrogens with zero attached hydrogens (tertiary/aromatic N) is 6. The second-order valence-corrected chi connectivity index (χ2v) is 39.9. The number of aromatic hydroxyl groups is 2. The molecule has 8 aromatic rings.